The molecule has 0 bridgehead atoms. The van der Waals surface area contributed by atoms with Gasteiger partial charge in [0.25, 0.3) is 0 Å². The predicted octanol–water partition coefficient (Wildman–Crippen LogP) is 1.97. The van der Waals surface area contributed by atoms with Crippen molar-refractivity contribution in [1.82, 2.24) is 20.2 Å². The summed E-state index contributed by atoms with van der Waals surface area (Å²) in [6.45, 7) is 0. The van der Waals surface area contributed by atoms with Gasteiger partial charge in [-0.3, -0.25) is 4.79 Å². The van der Waals surface area contributed by atoms with E-state index in [-0.39, 0.29) is 0 Å². The second-order valence-corrected chi connectivity index (χ2v) is 5.74. The number of carbonyl (C=O) groups is 1. The Morgan fingerprint density at radius 3 is 2.80 bits per heavy atom. The number of carboxylic acid groups (broad SMARTS) is 1. The summed E-state index contributed by atoms with van der Waals surface area (Å²) in [5.74, 6) is -0.952. The second kappa shape index (κ2) is 5.62. The Hall–Kier alpha value is -1.89. The number of nitrogens with zero attached hydrogens (tertiary/aromatic N) is 4. The molecule has 104 valence electrons. The lowest BCUT2D eigenvalue weighted by Crippen LogP contribution is -2.14. The summed E-state index contributed by atoms with van der Waals surface area (Å²) in [6.07, 6.45) is 2.19. The monoisotopic (exact) mass is 290 g/mol. The summed E-state index contributed by atoms with van der Waals surface area (Å²) in [5, 5.41) is 21.7. The van der Waals surface area contributed by atoms with Crippen LogP contribution in [0.1, 0.15) is 30.4 Å². The molecular weight excluding hydrogens is 276 g/mol. The molecule has 0 radical (unpaired) electrons. The lowest BCUT2D eigenvalue weighted by molar-refractivity contribution is -0.138. The minimum absolute atomic E-state index is 0.396. The van der Waals surface area contributed by atoms with Gasteiger partial charge in [-0.05, 0) is 28.8 Å². The maximum Gasteiger partial charge on any atom is 0.311 e. The molecule has 0 aliphatic heterocycles. The number of aliphatic carboxylic acids is 1. The summed E-state index contributed by atoms with van der Waals surface area (Å²) in [7, 11) is 0. The topological polar surface area (TPSA) is 80.9 Å². The van der Waals surface area contributed by atoms with Crippen molar-refractivity contribution in [1.29, 1.82) is 0 Å². The highest BCUT2D eigenvalue weighted by Crippen LogP contribution is 2.37. The fourth-order valence-corrected chi connectivity index (χ4v) is 3.04. The minimum Gasteiger partial charge on any atom is -0.481 e. The SMILES string of the molecule is O=C(O)C(CSc1nnnn1C1CC1)c1ccccc1. The van der Waals surface area contributed by atoms with Gasteiger partial charge in [0.2, 0.25) is 5.16 Å². The normalized spacial score (nSPS) is 16.0. The van der Waals surface area contributed by atoms with Gasteiger partial charge >= 0.3 is 5.97 Å². The summed E-state index contributed by atoms with van der Waals surface area (Å²) in [6, 6.07) is 9.65. The molecule has 1 saturated carbocycles. The largest absolute Gasteiger partial charge is 0.481 e. The number of thioether (sulfide) groups is 1. The zero-order valence-corrected chi connectivity index (χ0v) is 11.5. The van der Waals surface area contributed by atoms with Crippen molar-refractivity contribution in [2.75, 3.05) is 5.75 Å². The highest BCUT2D eigenvalue weighted by molar-refractivity contribution is 7.99. The standard InChI is InChI=1S/C13H14N4O2S/c18-12(19)11(9-4-2-1-3-5-9)8-20-13-14-15-16-17(13)10-6-7-10/h1-5,10-11H,6-8H2,(H,18,19). The van der Waals surface area contributed by atoms with E-state index in [0.29, 0.717) is 17.0 Å². The van der Waals surface area contributed by atoms with Crippen LogP contribution in [0, 0.1) is 0 Å². The predicted molar refractivity (Wildman–Crippen MR) is 73.6 cm³/mol. The van der Waals surface area contributed by atoms with Crippen LogP contribution in [0.4, 0.5) is 0 Å². The summed E-state index contributed by atoms with van der Waals surface area (Å²) in [5.41, 5.74) is 0.804. The maximum absolute atomic E-state index is 11.4. The van der Waals surface area contributed by atoms with Crippen LogP contribution in [-0.4, -0.2) is 37.0 Å². The van der Waals surface area contributed by atoms with Crippen LogP contribution in [0.2, 0.25) is 0 Å². The number of aromatic nitrogens is 4. The molecule has 0 spiro atoms. The van der Waals surface area contributed by atoms with E-state index in [9.17, 15) is 9.90 Å². The van der Waals surface area contributed by atoms with Crippen LogP contribution in [0.3, 0.4) is 0 Å². The Morgan fingerprint density at radius 2 is 2.15 bits per heavy atom. The smallest absolute Gasteiger partial charge is 0.311 e. The van der Waals surface area contributed by atoms with Gasteiger partial charge in [-0.15, -0.1) is 5.10 Å². The summed E-state index contributed by atoms with van der Waals surface area (Å²) < 4.78 is 1.80. The Balaban J connectivity index is 1.71. The first-order valence-electron chi connectivity index (χ1n) is 6.44. The van der Waals surface area contributed by atoms with Crippen LogP contribution in [0.15, 0.2) is 35.5 Å². The molecule has 20 heavy (non-hydrogen) atoms. The van der Waals surface area contributed by atoms with Crippen LogP contribution in [-0.2, 0) is 4.79 Å². The average Bonchev–Trinajstić information content (AvgIpc) is 3.19. The zero-order chi connectivity index (χ0) is 13.9. The van der Waals surface area contributed by atoms with E-state index in [4.69, 9.17) is 0 Å². The summed E-state index contributed by atoms with van der Waals surface area (Å²) in [4.78, 5) is 11.4. The van der Waals surface area contributed by atoms with E-state index in [2.05, 4.69) is 15.5 Å². The number of rotatable bonds is 6. The van der Waals surface area contributed by atoms with E-state index in [1.54, 1.807) is 4.68 Å². The molecular formula is C13H14N4O2S. The number of carboxylic acids is 1. The quantitative estimate of drug-likeness (QED) is 0.819. The average molecular weight is 290 g/mol. The van der Waals surface area contributed by atoms with Gasteiger partial charge in [-0.2, -0.15) is 0 Å². The van der Waals surface area contributed by atoms with Crippen molar-refractivity contribution in [2.45, 2.75) is 30.0 Å². The Bertz CT molecular complexity index is 597. The molecule has 1 unspecified atom stereocenters. The van der Waals surface area contributed by atoms with Gasteiger partial charge in [-0.1, -0.05) is 42.1 Å². The van der Waals surface area contributed by atoms with Crippen LogP contribution >= 0.6 is 11.8 Å². The molecule has 1 aliphatic carbocycles. The first-order chi connectivity index (χ1) is 9.75. The van der Waals surface area contributed by atoms with E-state index >= 15 is 0 Å². The van der Waals surface area contributed by atoms with Crippen LogP contribution in [0.25, 0.3) is 0 Å². The number of hydrogen-bond acceptors (Lipinski definition) is 5. The molecule has 2 aromatic rings. The highest BCUT2D eigenvalue weighted by Gasteiger charge is 2.29. The van der Waals surface area contributed by atoms with Gasteiger partial charge in [-0.25, -0.2) is 4.68 Å². The summed E-state index contributed by atoms with van der Waals surface area (Å²) >= 11 is 1.40. The molecule has 1 N–H and O–H groups in total. The Morgan fingerprint density at radius 1 is 1.40 bits per heavy atom. The molecule has 0 saturated heterocycles. The number of hydrogen-bond donors (Lipinski definition) is 1. The van der Waals surface area contributed by atoms with E-state index in [0.717, 1.165) is 18.4 Å². The van der Waals surface area contributed by atoms with Crippen molar-refractivity contribution in [3.05, 3.63) is 35.9 Å². The van der Waals surface area contributed by atoms with Gasteiger partial charge in [0.05, 0.1) is 12.0 Å². The fourth-order valence-electron chi connectivity index (χ4n) is 1.98. The zero-order valence-electron chi connectivity index (χ0n) is 10.7. The van der Waals surface area contributed by atoms with Gasteiger partial charge in [0, 0.05) is 5.75 Å². The minimum atomic E-state index is -0.825. The first kappa shape index (κ1) is 13.1. The number of tetrazole rings is 1. The Labute approximate surface area is 120 Å². The maximum atomic E-state index is 11.4. The molecule has 0 amide bonds. The van der Waals surface area contributed by atoms with Crippen molar-refractivity contribution >= 4 is 17.7 Å². The van der Waals surface area contributed by atoms with Crippen molar-refractivity contribution < 1.29 is 9.90 Å². The third kappa shape index (κ3) is 2.82. The Kier molecular flexibility index (Phi) is 3.68. The van der Waals surface area contributed by atoms with Gasteiger partial charge < -0.3 is 5.11 Å². The lowest BCUT2D eigenvalue weighted by atomic mass is 10.0. The van der Waals surface area contributed by atoms with E-state index in [1.807, 2.05) is 30.3 Å². The molecule has 1 fully saturated rings. The molecule has 7 heteroatoms. The van der Waals surface area contributed by atoms with Gasteiger partial charge in [0.1, 0.15) is 0 Å². The molecule has 6 nitrogen and oxygen atoms in total. The van der Waals surface area contributed by atoms with E-state index in [1.165, 1.54) is 11.8 Å². The lowest BCUT2D eigenvalue weighted by Gasteiger charge is -2.11. The molecule has 1 atom stereocenters. The molecule has 3 rings (SSSR count). The highest BCUT2D eigenvalue weighted by atomic mass is 32.2. The van der Waals surface area contributed by atoms with Gasteiger partial charge in [0.15, 0.2) is 0 Å². The molecule has 1 aromatic heterocycles. The third-order valence-corrected chi connectivity index (χ3v) is 4.26. The second-order valence-electron chi connectivity index (χ2n) is 4.75. The fraction of sp³-hybridized carbons (Fsp3) is 0.385. The molecule has 1 heterocycles. The van der Waals surface area contributed by atoms with Crippen LogP contribution < -0.4 is 0 Å². The molecule has 1 aliphatic rings. The van der Waals surface area contributed by atoms with Crippen LogP contribution in [0.5, 0.6) is 0 Å². The van der Waals surface area contributed by atoms with Crippen molar-refractivity contribution in [2.24, 2.45) is 0 Å². The molecule has 1 aromatic carbocycles. The van der Waals surface area contributed by atoms with E-state index < -0.39 is 11.9 Å². The van der Waals surface area contributed by atoms with Crippen molar-refractivity contribution in [3.8, 4) is 0 Å². The van der Waals surface area contributed by atoms with Crippen molar-refractivity contribution in [3.63, 3.8) is 0 Å². The third-order valence-electron chi connectivity index (χ3n) is 3.23. The number of benzene rings is 1. The first-order valence-corrected chi connectivity index (χ1v) is 7.42.